The van der Waals surface area contributed by atoms with Gasteiger partial charge in [-0.3, -0.25) is 0 Å². The van der Waals surface area contributed by atoms with Crippen LogP contribution in [0.5, 0.6) is 0 Å². The molecule has 0 saturated carbocycles. The zero-order chi connectivity index (χ0) is 10.0. The Labute approximate surface area is 75.8 Å². The molecule has 0 aliphatic carbocycles. The molecule has 0 aromatic carbocycles. The molecule has 1 fully saturated rings. The number of cyclic esters (lactones) is 1. The molecule has 4 nitrogen and oxygen atoms in total. The normalized spacial score (nSPS) is 21.2. The number of ether oxygens (including phenoxy) is 2. The zero-order valence-corrected chi connectivity index (χ0v) is 7.33. The predicted molar refractivity (Wildman–Crippen MR) is 44.5 cm³/mol. The van der Waals surface area contributed by atoms with Crippen LogP contribution in [0.4, 0.5) is 0 Å². The fourth-order valence-electron chi connectivity index (χ4n) is 0.859. The lowest BCUT2D eigenvalue weighted by Crippen LogP contribution is -2.22. The van der Waals surface area contributed by atoms with Gasteiger partial charge in [0.05, 0.1) is 6.42 Å². The monoisotopic (exact) mass is 182 g/mol. The van der Waals surface area contributed by atoms with Crippen molar-refractivity contribution in [3.63, 3.8) is 0 Å². The van der Waals surface area contributed by atoms with Gasteiger partial charge in [-0.05, 0) is 6.92 Å². The molecule has 0 aromatic rings. The van der Waals surface area contributed by atoms with Crippen LogP contribution in [0.3, 0.4) is 0 Å². The zero-order valence-electron chi connectivity index (χ0n) is 7.33. The minimum absolute atomic E-state index is 0.234. The van der Waals surface area contributed by atoms with Gasteiger partial charge in [0.15, 0.2) is 0 Å². The maximum absolute atomic E-state index is 11.0. The summed E-state index contributed by atoms with van der Waals surface area (Å²) in [7, 11) is 0. The molecule has 1 unspecified atom stereocenters. The molecule has 1 heterocycles. The lowest BCUT2D eigenvalue weighted by atomic mass is 10.2. The predicted octanol–water partition coefficient (Wildman–Crippen LogP) is 0.935. The Hall–Kier alpha value is -1.58. The first kappa shape index (κ1) is 9.51. The van der Waals surface area contributed by atoms with E-state index in [2.05, 4.69) is 17.9 Å². The first-order valence-corrected chi connectivity index (χ1v) is 3.76. The van der Waals surface area contributed by atoms with Crippen molar-refractivity contribution in [3.8, 4) is 0 Å². The van der Waals surface area contributed by atoms with Gasteiger partial charge < -0.3 is 9.47 Å². The van der Waals surface area contributed by atoms with Crippen molar-refractivity contribution in [2.75, 3.05) is 0 Å². The van der Waals surface area contributed by atoms with Crippen molar-refractivity contribution in [1.82, 2.24) is 0 Å². The molecular formula is C9H10O4. The molecule has 1 saturated heterocycles. The van der Waals surface area contributed by atoms with E-state index in [-0.39, 0.29) is 12.0 Å². The molecule has 1 atom stereocenters. The minimum Gasteiger partial charge on any atom is -0.446 e. The van der Waals surface area contributed by atoms with E-state index in [9.17, 15) is 9.59 Å². The summed E-state index contributed by atoms with van der Waals surface area (Å²) in [6.07, 6.45) is -0.616. The molecule has 1 rings (SSSR count). The van der Waals surface area contributed by atoms with E-state index in [1.165, 1.54) is 6.92 Å². The summed E-state index contributed by atoms with van der Waals surface area (Å²) in [6, 6.07) is 0. The number of rotatable bonds is 2. The van der Waals surface area contributed by atoms with Crippen LogP contribution in [0.15, 0.2) is 24.5 Å². The molecular weight excluding hydrogens is 172 g/mol. The molecule has 0 spiro atoms. The van der Waals surface area contributed by atoms with E-state index < -0.39 is 18.0 Å². The average Bonchev–Trinajstić information content (AvgIpc) is 2.30. The SMILES string of the molecule is C=C1CC(OC(=O)C(=C)C)C(=O)O1. The number of hydrogen-bond donors (Lipinski definition) is 0. The Morgan fingerprint density at radius 1 is 1.69 bits per heavy atom. The van der Waals surface area contributed by atoms with E-state index in [4.69, 9.17) is 4.74 Å². The smallest absolute Gasteiger partial charge is 0.352 e. The minimum atomic E-state index is -0.850. The quantitative estimate of drug-likeness (QED) is 0.471. The van der Waals surface area contributed by atoms with Crippen LogP contribution >= 0.6 is 0 Å². The molecule has 0 N–H and O–H groups in total. The van der Waals surface area contributed by atoms with E-state index in [0.717, 1.165) is 0 Å². The van der Waals surface area contributed by atoms with E-state index in [1.54, 1.807) is 0 Å². The molecule has 13 heavy (non-hydrogen) atoms. The maximum atomic E-state index is 11.0. The number of carbonyl (C=O) groups is 2. The van der Waals surface area contributed by atoms with Crippen LogP contribution in [0.2, 0.25) is 0 Å². The summed E-state index contributed by atoms with van der Waals surface area (Å²) in [4.78, 5) is 21.9. The van der Waals surface area contributed by atoms with Crippen LogP contribution in [-0.2, 0) is 19.1 Å². The Kier molecular flexibility index (Phi) is 2.51. The molecule has 1 aliphatic rings. The third-order valence-corrected chi connectivity index (χ3v) is 1.52. The lowest BCUT2D eigenvalue weighted by Gasteiger charge is -2.06. The Morgan fingerprint density at radius 3 is 2.69 bits per heavy atom. The van der Waals surface area contributed by atoms with Crippen molar-refractivity contribution >= 4 is 11.9 Å². The molecule has 4 heteroatoms. The number of esters is 2. The highest BCUT2D eigenvalue weighted by atomic mass is 16.6. The second-order valence-corrected chi connectivity index (χ2v) is 2.84. The van der Waals surface area contributed by atoms with Crippen LogP contribution in [0, 0.1) is 0 Å². The van der Waals surface area contributed by atoms with Crippen molar-refractivity contribution < 1.29 is 19.1 Å². The molecule has 70 valence electrons. The summed E-state index contributed by atoms with van der Waals surface area (Å²) >= 11 is 0. The molecule has 0 bridgehead atoms. The lowest BCUT2D eigenvalue weighted by molar-refractivity contribution is -0.156. The number of hydrogen-bond acceptors (Lipinski definition) is 4. The Bertz CT molecular complexity index is 290. The van der Waals surface area contributed by atoms with Crippen LogP contribution in [-0.4, -0.2) is 18.0 Å². The summed E-state index contributed by atoms with van der Waals surface area (Å²) < 4.78 is 9.40. The largest absolute Gasteiger partial charge is 0.446 e. The van der Waals surface area contributed by atoms with Crippen LogP contribution in [0.25, 0.3) is 0 Å². The van der Waals surface area contributed by atoms with Crippen molar-refractivity contribution in [3.05, 3.63) is 24.5 Å². The fraction of sp³-hybridized carbons (Fsp3) is 0.333. The van der Waals surface area contributed by atoms with Crippen molar-refractivity contribution in [2.45, 2.75) is 19.4 Å². The van der Waals surface area contributed by atoms with Crippen molar-refractivity contribution in [1.29, 1.82) is 0 Å². The summed E-state index contributed by atoms with van der Waals surface area (Å²) in [5, 5.41) is 0. The third-order valence-electron chi connectivity index (χ3n) is 1.52. The topological polar surface area (TPSA) is 52.6 Å². The first-order chi connectivity index (χ1) is 6.00. The van der Waals surface area contributed by atoms with Gasteiger partial charge >= 0.3 is 11.9 Å². The molecule has 0 aromatic heterocycles. The highest BCUT2D eigenvalue weighted by Crippen LogP contribution is 2.19. The fourth-order valence-corrected chi connectivity index (χ4v) is 0.859. The number of carbonyl (C=O) groups excluding carboxylic acids is 2. The molecule has 0 amide bonds. The van der Waals surface area contributed by atoms with E-state index in [1.807, 2.05) is 0 Å². The van der Waals surface area contributed by atoms with Gasteiger partial charge in [-0.25, -0.2) is 9.59 Å². The average molecular weight is 182 g/mol. The van der Waals surface area contributed by atoms with Crippen LogP contribution in [0.1, 0.15) is 13.3 Å². The molecule has 1 aliphatic heterocycles. The second-order valence-electron chi connectivity index (χ2n) is 2.84. The summed E-state index contributed by atoms with van der Waals surface area (Å²) in [6.45, 7) is 8.35. The Balaban J connectivity index is 2.55. The van der Waals surface area contributed by atoms with E-state index in [0.29, 0.717) is 5.76 Å². The second kappa shape index (κ2) is 3.43. The van der Waals surface area contributed by atoms with Gasteiger partial charge in [-0.15, -0.1) is 0 Å². The third kappa shape index (κ3) is 2.18. The maximum Gasteiger partial charge on any atom is 0.352 e. The highest BCUT2D eigenvalue weighted by molar-refractivity contribution is 5.90. The van der Waals surface area contributed by atoms with Crippen LogP contribution < -0.4 is 0 Å². The van der Waals surface area contributed by atoms with Gasteiger partial charge in [0.25, 0.3) is 0 Å². The van der Waals surface area contributed by atoms with Gasteiger partial charge in [0.1, 0.15) is 5.76 Å². The first-order valence-electron chi connectivity index (χ1n) is 3.76. The van der Waals surface area contributed by atoms with Gasteiger partial charge in [0.2, 0.25) is 6.10 Å². The van der Waals surface area contributed by atoms with E-state index >= 15 is 0 Å². The standard InChI is InChI=1S/C9H10O4/c1-5(2)8(10)13-7-4-6(3)12-9(7)11/h7H,1,3-4H2,2H3. The Morgan fingerprint density at radius 2 is 2.31 bits per heavy atom. The van der Waals surface area contributed by atoms with Crippen molar-refractivity contribution in [2.24, 2.45) is 0 Å². The van der Waals surface area contributed by atoms with Gasteiger partial charge in [0, 0.05) is 5.57 Å². The summed E-state index contributed by atoms with van der Waals surface area (Å²) in [5.74, 6) is -0.833. The van der Waals surface area contributed by atoms with Gasteiger partial charge in [-0.1, -0.05) is 13.2 Å². The van der Waals surface area contributed by atoms with Gasteiger partial charge in [-0.2, -0.15) is 0 Å². The highest BCUT2D eigenvalue weighted by Gasteiger charge is 2.33. The summed E-state index contributed by atoms with van der Waals surface area (Å²) in [5.41, 5.74) is 0.255. The molecule has 0 radical (unpaired) electrons.